The lowest BCUT2D eigenvalue weighted by atomic mass is 10.2. The molecule has 0 bridgehead atoms. The van der Waals surface area contributed by atoms with Crippen molar-refractivity contribution in [2.75, 3.05) is 0 Å². The molecule has 0 aromatic carbocycles. The summed E-state index contributed by atoms with van der Waals surface area (Å²) in [7, 11) is 0. The molecule has 0 aliphatic carbocycles. The van der Waals surface area contributed by atoms with E-state index in [4.69, 9.17) is 0 Å². The fourth-order valence-corrected chi connectivity index (χ4v) is 1.59. The van der Waals surface area contributed by atoms with Crippen LogP contribution in [0.25, 0.3) is 21.8 Å². The van der Waals surface area contributed by atoms with Crippen molar-refractivity contribution in [2.24, 2.45) is 0 Å². The normalized spacial score (nSPS) is 11.1. The summed E-state index contributed by atoms with van der Waals surface area (Å²) < 4.78 is 0. The average molecular weight is 186 g/mol. The van der Waals surface area contributed by atoms with Gasteiger partial charge in [-0.15, -0.1) is 0 Å². The van der Waals surface area contributed by atoms with Gasteiger partial charge in [0, 0.05) is 17.0 Å². The van der Waals surface area contributed by atoms with Gasteiger partial charge in [-0.3, -0.25) is 9.78 Å². The molecule has 0 amide bonds. The van der Waals surface area contributed by atoms with Crippen molar-refractivity contribution in [1.29, 1.82) is 0 Å². The van der Waals surface area contributed by atoms with Crippen LogP contribution in [0.2, 0.25) is 0 Å². The zero-order valence-electron chi connectivity index (χ0n) is 7.11. The first-order valence-corrected chi connectivity index (χ1v) is 4.15. The number of hydrogen-bond acceptors (Lipinski definition) is 3. The SMILES string of the molecule is O=c1[nH]ncc2c1[nH]c1cnccc12. The molecule has 14 heavy (non-hydrogen) atoms. The molecule has 5 heteroatoms. The van der Waals surface area contributed by atoms with E-state index >= 15 is 0 Å². The molecule has 3 rings (SSSR count). The number of aromatic nitrogens is 4. The average Bonchev–Trinajstić information content (AvgIpc) is 2.59. The fourth-order valence-electron chi connectivity index (χ4n) is 1.59. The Morgan fingerprint density at radius 2 is 2.14 bits per heavy atom. The van der Waals surface area contributed by atoms with Gasteiger partial charge in [0.15, 0.2) is 0 Å². The molecule has 0 spiro atoms. The molecule has 2 N–H and O–H groups in total. The van der Waals surface area contributed by atoms with Crippen LogP contribution in [-0.4, -0.2) is 20.2 Å². The minimum Gasteiger partial charge on any atom is -0.349 e. The van der Waals surface area contributed by atoms with Gasteiger partial charge in [0.2, 0.25) is 0 Å². The number of nitrogens with zero attached hydrogens (tertiary/aromatic N) is 2. The molecule has 68 valence electrons. The second-order valence-corrected chi connectivity index (χ2v) is 3.03. The van der Waals surface area contributed by atoms with Gasteiger partial charge in [-0.25, -0.2) is 5.10 Å². The van der Waals surface area contributed by atoms with Gasteiger partial charge in [0.25, 0.3) is 5.56 Å². The third-order valence-corrected chi connectivity index (χ3v) is 2.23. The zero-order chi connectivity index (χ0) is 9.54. The quantitative estimate of drug-likeness (QED) is 0.545. The third kappa shape index (κ3) is 0.806. The van der Waals surface area contributed by atoms with Crippen LogP contribution in [0.15, 0.2) is 29.5 Å². The molecule has 0 fully saturated rings. The molecule has 0 saturated carbocycles. The van der Waals surface area contributed by atoms with Crippen LogP contribution in [0, 0.1) is 0 Å². The molecule has 5 nitrogen and oxygen atoms in total. The van der Waals surface area contributed by atoms with Crippen molar-refractivity contribution in [3.8, 4) is 0 Å². The molecule has 0 atom stereocenters. The van der Waals surface area contributed by atoms with Gasteiger partial charge in [-0.2, -0.15) is 5.10 Å². The molecule has 0 aliphatic rings. The monoisotopic (exact) mass is 186 g/mol. The largest absolute Gasteiger partial charge is 0.349 e. The van der Waals surface area contributed by atoms with Crippen LogP contribution in [0.5, 0.6) is 0 Å². The fraction of sp³-hybridized carbons (Fsp3) is 0. The predicted molar refractivity (Wildman–Crippen MR) is 52.0 cm³/mol. The van der Waals surface area contributed by atoms with Crippen LogP contribution in [-0.2, 0) is 0 Å². The highest BCUT2D eigenvalue weighted by atomic mass is 16.1. The Kier molecular flexibility index (Phi) is 1.25. The highest BCUT2D eigenvalue weighted by Crippen LogP contribution is 2.20. The van der Waals surface area contributed by atoms with E-state index in [0.29, 0.717) is 5.52 Å². The van der Waals surface area contributed by atoms with Crippen LogP contribution < -0.4 is 5.56 Å². The number of nitrogens with one attached hydrogen (secondary N) is 2. The summed E-state index contributed by atoms with van der Waals surface area (Å²) in [6, 6.07) is 1.86. The minimum atomic E-state index is -0.210. The van der Waals surface area contributed by atoms with E-state index in [1.807, 2.05) is 6.07 Å². The molecular formula is C9H6N4O. The molecule has 3 heterocycles. The topological polar surface area (TPSA) is 74.4 Å². The first-order chi connectivity index (χ1) is 6.86. The number of H-pyrrole nitrogens is 2. The first kappa shape index (κ1) is 7.25. The smallest absolute Gasteiger partial charge is 0.288 e. The van der Waals surface area contributed by atoms with Gasteiger partial charge in [-0.05, 0) is 6.07 Å². The van der Waals surface area contributed by atoms with E-state index in [9.17, 15) is 4.79 Å². The highest BCUT2D eigenvalue weighted by molar-refractivity contribution is 6.05. The Hall–Kier alpha value is -2.17. The van der Waals surface area contributed by atoms with Crippen LogP contribution >= 0.6 is 0 Å². The lowest BCUT2D eigenvalue weighted by Gasteiger charge is -1.86. The summed E-state index contributed by atoms with van der Waals surface area (Å²) in [5, 5.41) is 7.93. The second kappa shape index (κ2) is 2.41. The molecule has 0 unspecified atom stereocenters. The second-order valence-electron chi connectivity index (χ2n) is 3.03. The van der Waals surface area contributed by atoms with Crippen LogP contribution in [0.4, 0.5) is 0 Å². The molecule has 0 aliphatic heterocycles. The Morgan fingerprint density at radius 1 is 1.21 bits per heavy atom. The predicted octanol–water partition coefficient (Wildman–Crippen LogP) is 0.799. The maximum absolute atomic E-state index is 11.4. The van der Waals surface area contributed by atoms with E-state index in [0.717, 1.165) is 16.3 Å². The van der Waals surface area contributed by atoms with E-state index in [2.05, 4.69) is 20.2 Å². The third-order valence-electron chi connectivity index (χ3n) is 2.23. The van der Waals surface area contributed by atoms with Crippen LogP contribution in [0.1, 0.15) is 0 Å². The van der Waals surface area contributed by atoms with E-state index in [-0.39, 0.29) is 5.56 Å². The Morgan fingerprint density at radius 3 is 3.07 bits per heavy atom. The molecule has 3 aromatic heterocycles. The number of rotatable bonds is 0. The van der Waals surface area contributed by atoms with E-state index in [1.54, 1.807) is 18.6 Å². The number of pyridine rings is 1. The maximum Gasteiger partial charge on any atom is 0.288 e. The summed E-state index contributed by atoms with van der Waals surface area (Å²) in [6.07, 6.45) is 5.02. The highest BCUT2D eigenvalue weighted by Gasteiger charge is 2.05. The Labute approximate surface area is 77.8 Å². The van der Waals surface area contributed by atoms with Crippen molar-refractivity contribution in [1.82, 2.24) is 20.2 Å². The van der Waals surface area contributed by atoms with E-state index < -0.39 is 0 Å². The minimum absolute atomic E-state index is 0.210. The molecule has 0 radical (unpaired) electrons. The summed E-state index contributed by atoms with van der Waals surface area (Å²) in [5.74, 6) is 0. The zero-order valence-corrected chi connectivity index (χ0v) is 7.11. The van der Waals surface area contributed by atoms with Gasteiger partial charge in [0.1, 0.15) is 5.52 Å². The standard InChI is InChI=1S/C9H6N4O/c14-9-8-6(3-11-13-9)5-1-2-10-4-7(5)12-8/h1-4,12H,(H,13,14). The van der Waals surface area contributed by atoms with Gasteiger partial charge in [0.05, 0.1) is 17.9 Å². The summed E-state index contributed by atoms with van der Waals surface area (Å²) in [4.78, 5) is 18.4. The lowest BCUT2D eigenvalue weighted by molar-refractivity contribution is 1.01. The number of aromatic amines is 2. The van der Waals surface area contributed by atoms with Crippen molar-refractivity contribution in [2.45, 2.75) is 0 Å². The number of hydrogen-bond donors (Lipinski definition) is 2. The van der Waals surface area contributed by atoms with E-state index in [1.165, 1.54) is 0 Å². The van der Waals surface area contributed by atoms with Gasteiger partial charge < -0.3 is 4.98 Å². The van der Waals surface area contributed by atoms with Crippen molar-refractivity contribution in [3.05, 3.63) is 35.0 Å². The molecule has 0 saturated heterocycles. The van der Waals surface area contributed by atoms with Crippen molar-refractivity contribution >= 4 is 21.8 Å². The summed E-state index contributed by atoms with van der Waals surface area (Å²) >= 11 is 0. The van der Waals surface area contributed by atoms with Crippen LogP contribution in [0.3, 0.4) is 0 Å². The lowest BCUT2D eigenvalue weighted by Crippen LogP contribution is -2.06. The first-order valence-electron chi connectivity index (χ1n) is 4.15. The van der Waals surface area contributed by atoms with Gasteiger partial charge in [-0.1, -0.05) is 0 Å². The maximum atomic E-state index is 11.4. The number of fused-ring (bicyclic) bond motifs is 3. The summed E-state index contributed by atoms with van der Waals surface area (Å²) in [6.45, 7) is 0. The van der Waals surface area contributed by atoms with Crippen molar-refractivity contribution in [3.63, 3.8) is 0 Å². The molecular weight excluding hydrogens is 180 g/mol. The Balaban J connectivity index is 2.70. The molecule has 3 aromatic rings. The summed E-state index contributed by atoms with van der Waals surface area (Å²) in [5.41, 5.74) is 1.18. The van der Waals surface area contributed by atoms with Gasteiger partial charge >= 0.3 is 0 Å². The Bertz CT molecular complexity index is 667. The van der Waals surface area contributed by atoms with Crippen molar-refractivity contribution < 1.29 is 0 Å².